The molecule has 29 heavy (non-hydrogen) atoms. The number of piperidine rings is 1. The van der Waals surface area contributed by atoms with Crippen LogP contribution in [0.1, 0.15) is 28.9 Å². The quantitative estimate of drug-likeness (QED) is 0.722. The van der Waals surface area contributed by atoms with Crippen LogP contribution < -0.4 is 4.74 Å². The van der Waals surface area contributed by atoms with Crippen LogP contribution in [0.25, 0.3) is 0 Å². The Labute approximate surface area is 172 Å². The maximum absolute atomic E-state index is 12.9. The number of amides is 1. The molecule has 0 aliphatic carbocycles. The molecule has 0 bridgehead atoms. The first-order valence-corrected chi connectivity index (χ1v) is 11.1. The summed E-state index contributed by atoms with van der Waals surface area (Å²) in [4.78, 5) is 19.2. The fourth-order valence-corrected chi connectivity index (χ4v) is 4.25. The molecule has 7 nitrogen and oxygen atoms in total. The van der Waals surface area contributed by atoms with E-state index in [1.807, 2.05) is 30.0 Å². The van der Waals surface area contributed by atoms with Gasteiger partial charge in [-0.1, -0.05) is 6.07 Å². The summed E-state index contributed by atoms with van der Waals surface area (Å²) in [5.74, 6) is 0.756. The maximum atomic E-state index is 12.9. The van der Waals surface area contributed by atoms with Gasteiger partial charge in [-0.15, -0.1) is 0 Å². The molecule has 156 valence electrons. The Kier molecular flexibility index (Phi) is 6.54. The summed E-state index contributed by atoms with van der Waals surface area (Å²) in [5.41, 5.74) is 1.40. The normalized spacial score (nSPS) is 17.4. The molecule has 3 rings (SSSR count). The second kappa shape index (κ2) is 8.92. The summed E-state index contributed by atoms with van der Waals surface area (Å²) in [6.07, 6.45) is 1.91. The van der Waals surface area contributed by atoms with Gasteiger partial charge in [-0.3, -0.25) is 4.79 Å². The molecule has 8 heteroatoms. The van der Waals surface area contributed by atoms with Gasteiger partial charge in [-0.2, -0.15) is 0 Å². The van der Waals surface area contributed by atoms with E-state index >= 15 is 0 Å². The van der Waals surface area contributed by atoms with Crippen molar-refractivity contribution < 1.29 is 17.9 Å². The number of nitrogens with zero attached hydrogens (tertiary/aromatic N) is 3. The minimum atomic E-state index is -3.50. The lowest BCUT2D eigenvalue weighted by molar-refractivity contribution is 0.0631. The number of benzene rings is 1. The summed E-state index contributed by atoms with van der Waals surface area (Å²) in [6, 6.07) is 11.8. The number of likely N-dealkylation sites (tertiary alicyclic amines) is 1. The van der Waals surface area contributed by atoms with Gasteiger partial charge in [0.2, 0.25) is 15.9 Å². The van der Waals surface area contributed by atoms with Crippen LogP contribution >= 0.6 is 0 Å². The van der Waals surface area contributed by atoms with Crippen molar-refractivity contribution in [3.63, 3.8) is 0 Å². The predicted octanol–water partition coefficient (Wildman–Crippen LogP) is 2.57. The number of carbonyl (C=O) groups excluding carboxylic acids is 1. The van der Waals surface area contributed by atoms with E-state index in [2.05, 4.69) is 4.98 Å². The second-order valence-corrected chi connectivity index (χ2v) is 9.65. The van der Waals surface area contributed by atoms with Crippen LogP contribution in [0, 0.1) is 12.8 Å². The first-order valence-electron chi connectivity index (χ1n) is 9.65. The van der Waals surface area contributed by atoms with E-state index in [0.717, 1.165) is 22.8 Å². The molecule has 1 aromatic heterocycles. The van der Waals surface area contributed by atoms with Gasteiger partial charge in [0.1, 0.15) is 0 Å². The average Bonchev–Trinajstić information content (AvgIpc) is 2.72. The van der Waals surface area contributed by atoms with Gasteiger partial charge in [-0.05, 0) is 50.1 Å². The molecule has 0 saturated carbocycles. The molecule has 1 amide bonds. The molecule has 1 fully saturated rings. The molecule has 1 atom stereocenters. The lowest BCUT2D eigenvalue weighted by Gasteiger charge is -2.32. The molecule has 0 N–H and O–H groups in total. The number of hydrogen-bond acceptors (Lipinski definition) is 5. The standard InChI is InChI=1S/C21H27N3O4S/c1-16-6-4-8-20(22-16)28-15-17-7-5-13-24(14-17)21(25)18-9-11-19(12-10-18)29(26,27)23(2)3/h4,6,8-12,17H,5,7,13-15H2,1-3H3. The topological polar surface area (TPSA) is 79.8 Å². The molecule has 1 aliphatic rings. The van der Waals surface area contributed by atoms with Gasteiger partial charge in [-0.25, -0.2) is 17.7 Å². The largest absolute Gasteiger partial charge is 0.477 e. The number of hydrogen-bond donors (Lipinski definition) is 0. The van der Waals surface area contributed by atoms with Gasteiger partial charge >= 0.3 is 0 Å². The summed E-state index contributed by atoms with van der Waals surface area (Å²) in [6.45, 7) is 3.74. The number of rotatable bonds is 6. The van der Waals surface area contributed by atoms with Crippen LogP contribution in [0.5, 0.6) is 5.88 Å². The van der Waals surface area contributed by atoms with Crippen LogP contribution in [-0.2, 0) is 10.0 Å². The zero-order chi connectivity index (χ0) is 21.0. The van der Waals surface area contributed by atoms with Crippen molar-refractivity contribution in [3.8, 4) is 5.88 Å². The SMILES string of the molecule is Cc1cccc(OCC2CCCN(C(=O)c3ccc(S(=O)(=O)N(C)C)cc3)C2)n1. The van der Waals surface area contributed by atoms with E-state index in [0.29, 0.717) is 31.1 Å². The van der Waals surface area contributed by atoms with Gasteiger partial charge in [0.15, 0.2) is 0 Å². The van der Waals surface area contributed by atoms with Crippen LogP contribution in [-0.4, -0.2) is 62.3 Å². The zero-order valence-electron chi connectivity index (χ0n) is 17.0. The molecular weight excluding hydrogens is 390 g/mol. The third-order valence-corrected chi connectivity index (χ3v) is 6.85. The van der Waals surface area contributed by atoms with Crippen molar-refractivity contribution in [2.75, 3.05) is 33.8 Å². The summed E-state index contributed by atoms with van der Waals surface area (Å²) in [7, 11) is -0.538. The van der Waals surface area contributed by atoms with Crippen molar-refractivity contribution in [2.45, 2.75) is 24.7 Å². The van der Waals surface area contributed by atoms with Crippen LogP contribution in [0.2, 0.25) is 0 Å². The van der Waals surface area contributed by atoms with E-state index in [-0.39, 0.29) is 16.7 Å². The van der Waals surface area contributed by atoms with E-state index in [1.165, 1.54) is 26.2 Å². The fraction of sp³-hybridized carbons (Fsp3) is 0.429. The number of aryl methyl sites for hydroxylation is 1. The molecule has 2 aromatic rings. The van der Waals surface area contributed by atoms with Crippen molar-refractivity contribution in [3.05, 3.63) is 53.7 Å². The van der Waals surface area contributed by atoms with Crippen molar-refractivity contribution in [1.29, 1.82) is 0 Å². The molecule has 1 aliphatic heterocycles. The van der Waals surface area contributed by atoms with Gasteiger partial charge < -0.3 is 9.64 Å². The number of ether oxygens (including phenoxy) is 1. The first kappa shape index (κ1) is 21.3. The summed E-state index contributed by atoms with van der Waals surface area (Å²) >= 11 is 0. The third kappa shape index (κ3) is 5.13. The Balaban J connectivity index is 1.62. The molecule has 0 radical (unpaired) electrons. The van der Waals surface area contributed by atoms with Crippen LogP contribution in [0.3, 0.4) is 0 Å². The lowest BCUT2D eigenvalue weighted by atomic mass is 9.98. The van der Waals surface area contributed by atoms with Crippen molar-refractivity contribution in [2.24, 2.45) is 5.92 Å². The average molecular weight is 418 g/mol. The molecule has 1 unspecified atom stereocenters. The molecule has 2 heterocycles. The summed E-state index contributed by atoms with van der Waals surface area (Å²) < 4.78 is 31.3. The number of sulfonamides is 1. The molecule has 1 saturated heterocycles. The Morgan fingerprint density at radius 3 is 2.59 bits per heavy atom. The highest BCUT2D eigenvalue weighted by Gasteiger charge is 2.26. The zero-order valence-corrected chi connectivity index (χ0v) is 17.9. The third-order valence-electron chi connectivity index (χ3n) is 5.02. The lowest BCUT2D eigenvalue weighted by Crippen LogP contribution is -2.41. The van der Waals surface area contributed by atoms with E-state index in [4.69, 9.17) is 4.74 Å². The highest BCUT2D eigenvalue weighted by Crippen LogP contribution is 2.21. The monoisotopic (exact) mass is 417 g/mol. The smallest absolute Gasteiger partial charge is 0.253 e. The van der Waals surface area contributed by atoms with Crippen LogP contribution in [0.15, 0.2) is 47.4 Å². The van der Waals surface area contributed by atoms with Gasteiger partial charge in [0.25, 0.3) is 5.91 Å². The molecular formula is C21H27N3O4S. The van der Waals surface area contributed by atoms with E-state index in [9.17, 15) is 13.2 Å². The van der Waals surface area contributed by atoms with E-state index in [1.54, 1.807) is 12.1 Å². The number of aromatic nitrogens is 1. The first-order chi connectivity index (χ1) is 13.8. The minimum absolute atomic E-state index is 0.0859. The van der Waals surface area contributed by atoms with Crippen molar-refractivity contribution >= 4 is 15.9 Å². The second-order valence-electron chi connectivity index (χ2n) is 7.50. The predicted molar refractivity (Wildman–Crippen MR) is 110 cm³/mol. The Bertz CT molecular complexity index is 958. The van der Waals surface area contributed by atoms with Gasteiger partial charge in [0, 0.05) is 50.4 Å². The number of carbonyl (C=O) groups is 1. The summed E-state index contributed by atoms with van der Waals surface area (Å²) in [5, 5.41) is 0. The van der Waals surface area contributed by atoms with Crippen molar-refractivity contribution in [1.82, 2.24) is 14.2 Å². The van der Waals surface area contributed by atoms with Gasteiger partial charge in [0.05, 0.1) is 11.5 Å². The Hall–Kier alpha value is -2.45. The molecule has 1 aromatic carbocycles. The Morgan fingerprint density at radius 1 is 1.21 bits per heavy atom. The fourth-order valence-electron chi connectivity index (χ4n) is 3.35. The highest BCUT2D eigenvalue weighted by atomic mass is 32.2. The minimum Gasteiger partial charge on any atom is -0.477 e. The Morgan fingerprint density at radius 2 is 1.93 bits per heavy atom. The maximum Gasteiger partial charge on any atom is 0.253 e. The van der Waals surface area contributed by atoms with Crippen LogP contribution in [0.4, 0.5) is 0 Å². The molecule has 0 spiro atoms. The van der Waals surface area contributed by atoms with E-state index < -0.39 is 10.0 Å². The highest BCUT2D eigenvalue weighted by molar-refractivity contribution is 7.89. The number of pyridine rings is 1.